The SMILES string of the molecule is C=CCOCC(NC(=O)c1cc(OC)ccc1Br)C(=O)O. The Morgan fingerprint density at radius 3 is 2.81 bits per heavy atom. The van der Waals surface area contributed by atoms with Gasteiger partial charge < -0.3 is 19.9 Å². The molecule has 21 heavy (non-hydrogen) atoms. The van der Waals surface area contributed by atoms with E-state index in [-0.39, 0.29) is 18.8 Å². The van der Waals surface area contributed by atoms with Gasteiger partial charge in [-0.15, -0.1) is 6.58 Å². The van der Waals surface area contributed by atoms with Crippen molar-refractivity contribution in [1.82, 2.24) is 5.32 Å². The molecule has 1 aromatic rings. The Labute approximate surface area is 130 Å². The van der Waals surface area contributed by atoms with Crippen molar-refractivity contribution in [2.24, 2.45) is 0 Å². The minimum Gasteiger partial charge on any atom is -0.497 e. The van der Waals surface area contributed by atoms with Crippen LogP contribution < -0.4 is 10.1 Å². The van der Waals surface area contributed by atoms with Gasteiger partial charge >= 0.3 is 5.97 Å². The highest BCUT2D eigenvalue weighted by molar-refractivity contribution is 9.10. The molecule has 0 aliphatic heterocycles. The van der Waals surface area contributed by atoms with Crippen molar-refractivity contribution in [3.8, 4) is 5.75 Å². The fourth-order valence-electron chi connectivity index (χ4n) is 1.49. The second-order valence-electron chi connectivity index (χ2n) is 4.04. The summed E-state index contributed by atoms with van der Waals surface area (Å²) in [7, 11) is 1.48. The molecule has 0 bridgehead atoms. The van der Waals surface area contributed by atoms with Gasteiger partial charge in [-0.3, -0.25) is 4.79 Å². The third kappa shape index (κ3) is 5.20. The number of hydrogen-bond donors (Lipinski definition) is 2. The monoisotopic (exact) mass is 357 g/mol. The smallest absolute Gasteiger partial charge is 0.328 e. The van der Waals surface area contributed by atoms with E-state index in [2.05, 4.69) is 27.8 Å². The summed E-state index contributed by atoms with van der Waals surface area (Å²) in [4.78, 5) is 23.3. The van der Waals surface area contributed by atoms with Gasteiger partial charge in [-0.1, -0.05) is 6.08 Å². The van der Waals surface area contributed by atoms with E-state index >= 15 is 0 Å². The predicted molar refractivity (Wildman–Crippen MR) is 80.6 cm³/mol. The van der Waals surface area contributed by atoms with Crippen LogP contribution in [0.15, 0.2) is 35.3 Å². The minimum atomic E-state index is -1.17. The molecule has 0 aliphatic carbocycles. The maximum Gasteiger partial charge on any atom is 0.328 e. The van der Waals surface area contributed by atoms with Gasteiger partial charge in [0.1, 0.15) is 5.75 Å². The molecule has 1 rings (SSSR count). The Bertz CT molecular complexity index is 532. The van der Waals surface area contributed by atoms with Crippen LogP contribution in [0, 0.1) is 0 Å². The number of carboxylic acid groups (broad SMARTS) is 1. The van der Waals surface area contributed by atoms with E-state index in [9.17, 15) is 9.59 Å². The van der Waals surface area contributed by atoms with E-state index in [1.54, 1.807) is 12.1 Å². The van der Waals surface area contributed by atoms with Crippen LogP contribution in [0.25, 0.3) is 0 Å². The van der Waals surface area contributed by atoms with E-state index in [4.69, 9.17) is 14.6 Å². The summed E-state index contributed by atoms with van der Waals surface area (Å²) in [6.07, 6.45) is 1.50. The summed E-state index contributed by atoms with van der Waals surface area (Å²) in [6.45, 7) is 3.53. The molecule has 0 aromatic heterocycles. The molecule has 1 atom stereocenters. The van der Waals surface area contributed by atoms with Crippen molar-refractivity contribution in [2.75, 3.05) is 20.3 Å². The maximum absolute atomic E-state index is 12.1. The van der Waals surface area contributed by atoms with Crippen molar-refractivity contribution in [2.45, 2.75) is 6.04 Å². The number of carboxylic acids is 1. The molecule has 0 aliphatic rings. The summed E-state index contributed by atoms with van der Waals surface area (Å²) < 4.78 is 10.6. The number of amides is 1. The lowest BCUT2D eigenvalue weighted by Gasteiger charge is -2.15. The van der Waals surface area contributed by atoms with Gasteiger partial charge in [0.15, 0.2) is 6.04 Å². The normalized spacial score (nSPS) is 11.5. The van der Waals surface area contributed by atoms with E-state index in [0.29, 0.717) is 10.2 Å². The zero-order valence-electron chi connectivity index (χ0n) is 11.5. The Balaban J connectivity index is 2.81. The van der Waals surface area contributed by atoms with Gasteiger partial charge in [0.25, 0.3) is 5.91 Å². The number of carbonyl (C=O) groups excluding carboxylic acids is 1. The Kier molecular flexibility index (Phi) is 6.90. The molecule has 1 aromatic carbocycles. The van der Waals surface area contributed by atoms with Crippen LogP contribution >= 0.6 is 15.9 Å². The highest BCUT2D eigenvalue weighted by Crippen LogP contribution is 2.22. The fraction of sp³-hybridized carbons (Fsp3) is 0.286. The van der Waals surface area contributed by atoms with Gasteiger partial charge in [-0.25, -0.2) is 4.79 Å². The van der Waals surface area contributed by atoms with Crippen LogP contribution in [0.4, 0.5) is 0 Å². The third-order valence-corrected chi connectivity index (χ3v) is 3.23. The van der Waals surface area contributed by atoms with Crippen LogP contribution in [-0.2, 0) is 9.53 Å². The number of aliphatic carboxylic acids is 1. The largest absolute Gasteiger partial charge is 0.497 e. The summed E-state index contributed by atoms with van der Waals surface area (Å²) in [5.74, 6) is -1.21. The van der Waals surface area contributed by atoms with Crippen LogP contribution in [0.1, 0.15) is 10.4 Å². The number of methoxy groups -OCH3 is 1. The topological polar surface area (TPSA) is 84.9 Å². The van der Waals surface area contributed by atoms with Gasteiger partial charge in [0.05, 0.1) is 25.9 Å². The number of hydrogen-bond acceptors (Lipinski definition) is 4. The molecule has 0 heterocycles. The molecule has 7 heteroatoms. The first kappa shape index (κ1) is 17.2. The molecule has 0 spiro atoms. The number of carbonyl (C=O) groups is 2. The molecule has 0 saturated heterocycles. The zero-order valence-corrected chi connectivity index (χ0v) is 13.1. The average Bonchev–Trinajstić information content (AvgIpc) is 2.46. The van der Waals surface area contributed by atoms with Gasteiger partial charge in [0.2, 0.25) is 0 Å². The number of benzene rings is 1. The predicted octanol–water partition coefficient (Wildman–Crippen LogP) is 1.84. The Morgan fingerprint density at radius 1 is 1.52 bits per heavy atom. The second-order valence-corrected chi connectivity index (χ2v) is 4.89. The first-order valence-electron chi connectivity index (χ1n) is 6.05. The van der Waals surface area contributed by atoms with E-state index in [1.807, 2.05) is 0 Å². The first-order valence-corrected chi connectivity index (χ1v) is 6.84. The summed E-state index contributed by atoms with van der Waals surface area (Å²) >= 11 is 3.24. The zero-order chi connectivity index (χ0) is 15.8. The number of halogens is 1. The second kappa shape index (κ2) is 8.43. The molecule has 6 nitrogen and oxygen atoms in total. The van der Waals surface area contributed by atoms with Gasteiger partial charge in [-0.2, -0.15) is 0 Å². The van der Waals surface area contributed by atoms with E-state index in [1.165, 1.54) is 19.3 Å². The molecule has 1 unspecified atom stereocenters. The van der Waals surface area contributed by atoms with Crippen LogP contribution in [0.3, 0.4) is 0 Å². The molecule has 0 radical (unpaired) electrons. The molecule has 0 fully saturated rings. The van der Waals surface area contributed by atoms with Gasteiger partial charge in [-0.05, 0) is 34.1 Å². The van der Waals surface area contributed by atoms with Crippen LogP contribution in [0.5, 0.6) is 5.75 Å². The standard InChI is InChI=1S/C14H16BrNO5/c1-3-6-21-8-12(14(18)19)16-13(17)10-7-9(20-2)4-5-11(10)15/h3-5,7,12H,1,6,8H2,2H3,(H,16,17)(H,18,19). The van der Waals surface area contributed by atoms with Crippen molar-refractivity contribution >= 4 is 27.8 Å². The van der Waals surface area contributed by atoms with Crippen molar-refractivity contribution in [1.29, 1.82) is 0 Å². The molecule has 114 valence electrons. The summed E-state index contributed by atoms with van der Waals surface area (Å²) in [6, 6.07) is 3.71. The average molecular weight is 358 g/mol. The van der Waals surface area contributed by atoms with Crippen LogP contribution in [0.2, 0.25) is 0 Å². The fourth-order valence-corrected chi connectivity index (χ4v) is 1.91. The molecular weight excluding hydrogens is 342 g/mol. The summed E-state index contributed by atoms with van der Waals surface area (Å²) in [5.41, 5.74) is 0.282. The lowest BCUT2D eigenvalue weighted by atomic mass is 10.2. The highest BCUT2D eigenvalue weighted by atomic mass is 79.9. The van der Waals surface area contributed by atoms with Gasteiger partial charge in [0, 0.05) is 4.47 Å². The number of rotatable bonds is 8. The molecule has 1 amide bonds. The van der Waals surface area contributed by atoms with Crippen molar-refractivity contribution < 1.29 is 24.2 Å². The first-order chi connectivity index (χ1) is 9.99. The Morgan fingerprint density at radius 2 is 2.24 bits per heavy atom. The summed E-state index contributed by atoms with van der Waals surface area (Å²) in [5, 5.41) is 11.5. The number of nitrogens with one attached hydrogen (secondary N) is 1. The van der Waals surface area contributed by atoms with E-state index < -0.39 is 17.9 Å². The van der Waals surface area contributed by atoms with Crippen LogP contribution in [-0.4, -0.2) is 43.3 Å². The molecule has 2 N–H and O–H groups in total. The minimum absolute atomic E-state index is 0.144. The lowest BCUT2D eigenvalue weighted by Crippen LogP contribution is -2.44. The van der Waals surface area contributed by atoms with Crippen molar-refractivity contribution in [3.63, 3.8) is 0 Å². The van der Waals surface area contributed by atoms with Crippen molar-refractivity contribution in [3.05, 3.63) is 40.9 Å². The third-order valence-electron chi connectivity index (χ3n) is 2.54. The lowest BCUT2D eigenvalue weighted by molar-refractivity contribution is -0.140. The maximum atomic E-state index is 12.1. The highest BCUT2D eigenvalue weighted by Gasteiger charge is 2.22. The molecular formula is C14H16BrNO5. The van der Waals surface area contributed by atoms with E-state index in [0.717, 1.165) is 0 Å². The molecule has 0 saturated carbocycles. The number of ether oxygens (including phenoxy) is 2. The Hall–Kier alpha value is -1.86. The quantitative estimate of drug-likeness (QED) is 0.547.